The lowest BCUT2D eigenvalue weighted by molar-refractivity contribution is -0.150. The highest BCUT2D eigenvalue weighted by atomic mass is 16.5. The van der Waals surface area contributed by atoms with E-state index in [9.17, 15) is 19.5 Å². The van der Waals surface area contributed by atoms with Gasteiger partial charge in [-0.1, -0.05) is 34.1 Å². The molecule has 3 heterocycles. The second kappa shape index (κ2) is 12.1. The summed E-state index contributed by atoms with van der Waals surface area (Å²) in [6.07, 6.45) is 3.23. The maximum absolute atomic E-state index is 14.4. The van der Waals surface area contributed by atoms with Crippen LogP contribution < -0.4 is 15.5 Å². The van der Waals surface area contributed by atoms with Crippen LogP contribution in [0.1, 0.15) is 73.6 Å². The molecule has 9 nitrogen and oxygen atoms in total. The number of benzene rings is 1. The number of nitrogens with zero attached hydrogens (tertiary/aromatic N) is 2. The van der Waals surface area contributed by atoms with Crippen LogP contribution in [-0.2, 0) is 19.1 Å². The minimum absolute atomic E-state index is 0.0440. The molecule has 9 heteroatoms. The second-order valence-electron chi connectivity index (χ2n) is 11.7. The predicted molar refractivity (Wildman–Crippen MR) is 156 cm³/mol. The topological polar surface area (TPSA) is 111 Å². The molecule has 3 amide bonds. The number of anilines is 2. The van der Waals surface area contributed by atoms with E-state index < -0.39 is 35.1 Å². The number of aliphatic hydroxyl groups is 1. The second-order valence-corrected chi connectivity index (χ2v) is 11.7. The van der Waals surface area contributed by atoms with Crippen molar-refractivity contribution in [2.45, 2.75) is 96.9 Å². The number of amides is 3. The number of aliphatic hydroxyl groups excluding tert-OH is 1. The monoisotopic (exact) mass is 556 g/mol. The molecule has 222 valence electrons. The smallest absolute Gasteiger partial charge is 0.250 e. The van der Waals surface area contributed by atoms with Crippen LogP contribution in [0.2, 0.25) is 0 Å². The van der Waals surface area contributed by atoms with Crippen LogP contribution in [-0.4, -0.2) is 77.3 Å². The van der Waals surface area contributed by atoms with Crippen molar-refractivity contribution in [3.05, 3.63) is 24.3 Å². The third-order valence-corrected chi connectivity index (χ3v) is 9.81. The van der Waals surface area contributed by atoms with E-state index in [0.717, 1.165) is 31.6 Å². The number of nitrogens with one attached hydrogen (secondary N) is 2. The van der Waals surface area contributed by atoms with Crippen molar-refractivity contribution in [2.24, 2.45) is 17.8 Å². The van der Waals surface area contributed by atoms with Gasteiger partial charge in [-0.15, -0.1) is 0 Å². The van der Waals surface area contributed by atoms with Crippen molar-refractivity contribution in [2.75, 3.05) is 36.5 Å². The first-order valence-electron chi connectivity index (χ1n) is 15.2. The molecule has 3 fully saturated rings. The molecule has 0 radical (unpaired) electrons. The highest BCUT2D eigenvalue weighted by Crippen LogP contribution is 2.64. The van der Waals surface area contributed by atoms with Crippen LogP contribution in [0, 0.1) is 17.8 Å². The molecule has 3 aliphatic rings. The quantitative estimate of drug-likeness (QED) is 0.343. The van der Waals surface area contributed by atoms with Gasteiger partial charge in [-0.25, -0.2) is 0 Å². The molecule has 3 aliphatic heterocycles. The summed E-state index contributed by atoms with van der Waals surface area (Å²) in [6.45, 7) is 14.2. The normalized spacial score (nSPS) is 30.2. The van der Waals surface area contributed by atoms with Crippen molar-refractivity contribution < 1.29 is 24.2 Å². The van der Waals surface area contributed by atoms with Gasteiger partial charge in [-0.05, 0) is 69.7 Å². The minimum atomic E-state index is -1.12. The summed E-state index contributed by atoms with van der Waals surface area (Å²) in [6, 6.07) is 6.21. The van der Waals surface area contributed by atoms with Gasteiger partial charge < -0.3 is 30.3 Å². The van der Waals surface area contributed by atoms with E-state index in [1.807, 2.05) is 52.0 Å². The lowest BCUT2D eigenvalue weighted by atomic mass is 9.65. The van der Waals surface area contributed by atoms with Crippen LogP contribution in [0.25, 0.3) is 0 Å². The van der Waals surface area contributed by atoms with Crippen LogP contribution in [0.4, 0.5) is 11.4 Å². The highest BCUT2D eigenvalue weighted by molar-refractivity contribution is 6.04. The zero-order valence-corrected chi connectivity index (χ0v) is 25.0. The fourth-order valence-corrected chi connectivity index (χ4v) is 7.44. The van der Waals surface area contributed by atoms with Gasteiger partial charge in [0.05, 0.1) is 30.1 Å². The van der Waals surface area contributed by atoms with E-state index in [-0.39, 0.29) is 30.2 Å². The lowest BCUT2D eigenvalue weighted by Gasteiger charge is -2.39. The zero-order valence-electron chi connectivity index (χ0n) is 25.0. The molecule has 3 saturated heterocycles. The average Bonchev–Trinajstić information content (AvgIpc) is 3.57. The fraction of sp³-hybridized carbons (Fsp3) is 0.710. The Balaban J connectivity index is 1.74. The van der Waals surface area contributed by atoms with Gasteiger partial charge in [0.2, 0.25) is 17.7 Å². The number of carbonyl (C=O) groups is 3. The molecule has 0 aliphatic carbocycles. The van der Waals surface area contributed by atoms with Crippen molar-refractivity contribution in [1.29, 1.82) is 0 Å². The van der Waals surface area contributed by atoms with Gasteiger partial charge >= 0.3 is 0 Å². The Labute approximate surface area is 239 Å². The Morgan fingerprint density at radius 1 is 1.10 bits per heavy atom. The summed E-state index contributed by atoms with van der Waals surface area (Å²) in [5.74, 6) is -2.26. The largest absolute Gasteiger partial charge is 0.394 e. The summed E-state index contributed by atoms with van der Waals surface area (Å²) in [5, 5.41) is 16.6. The number of likely N-dealkylation sites (tertiary alicyclic amines) is 1. The predicted octanol–water partition coefficient (Wildman–Crippen LogP) is 3.56. The Hall–Kier alpha value is -2.65. The Kier molecular flexibility index (Phi) is 9.15. The van der Waals surface area contributed by atoms with E-state index in [1.54, 1.807) is 4.90 Å². The summed E-state index contributed by atoms with van der Waals surface area (Å²) in [5.41, 5.74) is -0.195. The SMILES string of the molecule is CCCNC(=O)[C@H]1[C@H]2C(=O)N([C@@H](CO)[C@@H](C)CC)C(C(=O)Nc3ccc(N(CC)CC)cc3)C23CC[C@]1(CC)O3. The Morgan fingerprint density at radius 2 is 1.77 bits per heavy atom. The van der Waals surface area contributed by atoms with Crippen LogP contribution in [0.5, 0.6) is 0 Å². The number of hydrogen-bond acceptors (Lipinski definition) is 6. The molecule has 7 atom stereocenters. The van der Waals surface area contributed by atoms with Gasteiger partial charge in [0.25, 0.3) is 0 Å². The molecule has 1 spiro atoms. The van der Waals surface area contributed by atoms with Gasteiger partial charge in [0, 0.05) is 31.0 Å². The summed E-state index contributed by atoms with van der Waals surface area (Å²) < 4.78 is 6.82. The number of carbonyl (C=O) groups excluding carboxylic acids is 3. The molecule has 4 rings (SSSR count). The molecule has 1 aromatic carbocycles. The first-order chi connectivity index (χ1) is 19.2. The van der Waals surface area contributed by atoms with Gasteiger partial charge in [0.15, 0.2) is 0 Å². The first-order valence-corrected chi connectivity index (χ1v) is 15.2. The van der Waals surface area contributed by atoms with E-state index in [4.69, 9.17) is 4.74 Å². The number of rotatable bonds is 13. The lowest BCUT2D eigenvalue weighted by Crippen LogP contribution is -2.57. The number of ether oxygens (including phenoxy) is 1. The zero-order chi connectivity index (χ0) is 29.2. The highest BCUT2D eigenvalue weighted by Gasteiger charge is 2.79. The summed E-state index contributed by atoms with van der Waals surface area (Å²) in [4.78, 5) is 45.9. The molecule has 0 saturated carbocycles. The molecular weight excluding hydrogens is 508 g/mol. The Morgan fingerprint density at radius 3 is 2.33 bits per heavy atom. The van der Waals surface area contributed by atoms with Crippen LogP contribution in [0.15, 0.2) is 24.3 Å². The average molecular weight is 557 g/mol. The maximum Gasteiger partial charge on any atom is 0.250 e. The van der Waals surface area contributed by atoms with E-state index in [0.29, 0.717) is 31.5 Å². The van der Waals surface area contributed by atoms with Gasteiger partial charge in [0.1, 0.15) is 11.6 Å². The molecule has 0 aromatic heterocycles. The Bertz CT molecular complexity index is 1080. The number of fused-ring (bicyclic) bond motifs is 1. The number of hydrogen-bond donors (Lipinski definition) is 3. The molecule has 2 unspecified atom stereocenters. The van der Waals surface area contributed by atoms with Crippen molar-refractivity contribution in [3.8, 4) is 0 Å². The van der Waals surface area contributed by atoms with Crippen LogP contribution >= 0.6 is 0 Å². The molecule has 3 N–H and O–H groups in total. The first kappa shape index (κ1) is 30.3. The van der Waals surface area contributed by atoms with E-state index >= 15 is 0 Å². The molecule has 1 aromatic rings. The van der Waals surface area contributed by atoms with Crippen molar-refractivity contribution >= 4 is 29.1 Å². The van der Waals surface area contributed by atoms with Gasteiger partial charge in [-0.3, -0.25) is 14.4 Å². The van der Waals surface area contributed by atoms with E-state index in [2.05, 4.69) is 29.4 Å². The summed E-state index contributed by atoms with van der Waals surface area (Å²) >= 11 is 0. The third-order valence-electron chi connectivity index (χ3n) is 9.81. The fourth-order valence-electron chi connectivity index (χ4n) is 7.44. The standard InChI is InChI=1S/C31H48N4O5/c1-7-18-32-27(37)24-25-29(39)35(23(19-36)20(6)8-2)26(31(25)17-16-30(24,9-3)40-31)28(38)33-21-12-14-22(15-13-21)34(10-4)11-5/h12-15,20,23-26,36H,7-11,16-19H2,1-6H3,(H,32,37)(H,33,38)/t20-,23-,24+,25-,26?,30-,31?/m0/s1. The maximum atomic E-state index is 14.4. The van der Waals surface area contributed by atoms with Gasteiger partial charge in [-0.2, -0.15) is 0 Å². The van der Waals surface area contributed by atoms with Crippen molar-refractivity contribution in [1.82, 2.24) is 10.2 Å². The minimum Gasteiger partial charge on any atom is -0.394 e. The molecule has 2 bridgehead atoms. The molecular formula is C31H48N4O5. The van der Waals surface area contributed by atoms with E-state index in [1.165, 1.54) is 0 Å². The molecule has 40 heavy (non-hydrogen) atoms. The van der Waals surface area contributed by atoms with Crippen molar-refractivity contribution in [3.63, 3.8) is 0 Å². The van der Waals surface area contributed by atoms with Crippen LogP contribution in [0.3, 0.4) is 0 Å². The third kappa shape index (κ3) is 4.79. The summed E-state index contributed by atoms with van der Waals surface area (Å²) in [7, 11) is 0.